The van der Waals surface area contributed by atoms with Crippen molar-refractivity contribution in [2.45, 2.75) is 20.5 Å². The minimum absolute atomic E-state index is 0.766. The van der Waals surface area contributed by atoms with Crippen LogP contribution in [-0.4, -0.2) is 7.28 Å². The van der Waals surface area contributed by atoms with E-state index in [-0.39, 0.29) is 0 Å². The molecule has 0 unspecified atom stereocenters. The van der Waals surface area contributed by atoms with Crippen molar-refractivity contribution >= 4 is 29.8 Å². The normalized spacial score (nSPS) is 11.5. The predicted octanol–water partition coefficient (Wildman–Crippen LogP) is 4.19. The van der Waals surface area contributed by atoms with Gasteiger partial charge in [-0.05, 0) is 37.1 Å². The SMILES string of the molecule is Cc1ccc([B-]c2ccc(C)c(Cl)c2)cc1.c1cc2ccc1CO2. The molecule has 3 aromatic rings. The summed E-state index contributed by atoms with van der Waals surface area (Å²) in [4.78, 5) is 0. The minimum Gasteiger partial charge on any atom is -0.489 e. The van der Waals surface area contributed by atoms with Gasteiger partial charge in [0.05, 0.1) is 0 Å². The summed E-state index contributed by atoms with van der Waals surface area (Å²) in [6, 6.07) is 22.7. The van der Waals surface area contributed by atoms with Gasteiger partial charge in [-0.3, -0.25) is 18.2 Å². The molecule has 0 aromatic heterocycles. The molecule has 0 amide bonds. The highest BCUT2D eigenvalue weighted by atomic mass is 35.5. The quantitative estimate of drug-likeness (QED) is 0.639. The molecule has 2 radical (unpaired) electrons. The summed E-state index contributed by atoms with van der Waals surface area (Å²) in [6.07, 6.45) is 0. The van der Waals surface area contributed by atoms with Crippen molar-refractivity contribution in [3.05, 3.63) is 88.4 Å². The summed E-state index contributed by atoms with van der Waals surface area (Å²) in [5, 5.41) is 0.820. The van der Waals surface area contributed by atoms with Gasteiger partial charge in [-0.15, -0.1) is 18.2 Å². The number of ether oxygens (including phenoxy) is 1. The van der Waals surface area contributed by atoms with E-state index in [0.29, 0.717) is 0 Å². The fourth-order valence-electron chi connectivity index (χ4n) is 2.40. The second kappa shape index (κ2) is 7.59. The van der Waals surface area contributed by atoms with Gasteiger partial charge in [0.15, 0.2) is 0 Å². The molecule has 3 heteroatoms. The third kappa shape index (κ3) is 4.42. The molecule has 2 aliphatic rings. The number of aryl methyl sites for hydroxylation is 2. The maximum atomic E-state index is 6.09. The maximum absolute atomic E-state index is 6.09. The smallest absolute Gasteiger partial charge is 0.119 e. The van der Waals surface area contributed by atoms with Crippen molar-refractivity contribution in [2.24, 2.45) is 0 Å². The Hall–Kier alpha value is -2.19. The van der Waals surface area contributed by atoms with Gasteiger partial charge in [-0.2, -0.15) is 0 Å². The zero-order valence-electron chi connectivity index (χ0n) is 13.9. The zero-order chi connectivity index (χ0) is 16.9. The average molecular weight is 334 g/mol. The molecule has 0 N–H and O–H groups in total. The van der Waals surface area contributed by atoms with E-state index in [0.717, 1.165) is 28.4 Å². The van der Waals surface area contributed by atoms with E-state index in [9.17, 15) is 0 Å². The Morgan fingerprint density at radius 3 is 1.96 bits per heavy atom. The van der Waals surface area contributed by atoms with Gasteiger partial charge < -0.3 is 4.74 Å². The summed E-state index contributed by atoms with van der Waals surface area (Å²) in [7, 11) is 2.13. The van der Waals surface area contributed by atoms with Crippen LogP contribution in [-0.2, 0) is 6.61 Å². The molecule has 0 spiro atoms. The average Bonchev–Trinajstić information content (AvgIpc) is 2.62. The van der Waals surface area contributed by atoms with E-state index in [1.807, 2.05) is 31.2 Å². The van der Waals surface area contributed by atoms with Gasteiger partial charge in [0.25, 0.3) is 0 Å². The molecule has 2 heterocycles. The Morgan fingerprint density at radius 2 is 1.50 bits per heavy atom. The summed E-state index contributed by atoms with van der Waals surface area (Å²) >= 11 is 6.09. The Kier molecular flexibility index (Phi) is 5.27. The van der Waals surface area contributed by atoms with Crippen molar-refractivity contribution < 1.29 is 4.74 Å². The lowest BCUT2D eigenvalue weighted by atomic mass is 9.64. The number of halogens is 1. The predicted molar refractivity (Wildman–Crippen MR) is 103 cm³/mol. The highest BCUT2D eigenvalue weighted by molar-refractivity contribution is 6.67. The van der Waals surface area contributed by atoms with Crippen LogP contribution in [0.1, 0.15) is 16.7 Å². The first-order valence-electron chi connectivity index (χ1n) is 7.99. The number of rotatable bonds is 2. The zero-order valence-corrected chi connectivity index (χ0v) is 14.7. The van der Waals surface area contributed by atoms with Crippen molar-refractivity contribution in [2.75, 3.05) is 0 Å². The van der Waals surface area contributed by atoms with Gasteiger partial charge in [-0.1, -0.05) is 53.6 Å². The molecule has 24 heavy (non-hydrogen) atoms. The summed E-state index contributed by atoms with van der Waals surface area (Å²) in [5.41, 5.74) is 5.99. The highest BCUT2D eigenvalue weighted by Gasteiger charge is 2.01. The topological polar surface area (TPSA) is 9.23 Å². The molecule has 2 aliphatic heterocycles. The largest absolute Gasteiger partial charge is 0.489 e. The lowest BCUT2D eigenvalue weighted by Crippen LogP contribution is -2.26. The van der Waals surface area contributed by atoms with E-state index >= 15 is 0 Å². The summed E-state index contributed by atoms with van der Waals surface area (Å²) < 4.78 is 5.18. The van der Waals surface area contributed by atoms with Crippen molar-refractivity contribution in [1.29, 1.82) is 0 Å². The molecule has 5 rings (SSSR count). The van der Waals surface area contributed by atoms with Gasteiger partial charge in [0.2, 0.25) is 0 Å². The first-order chi connectivity index (χ1) is 11.6. The molecule has 0 fully saturated rings. The van der Waals surface area contributed by atoms with E-state index in [1.54, 1.807) is 0 Å². The Labute approximate surface area is 149 Å². The summed E-state index contributed by atoms with van der Waals surface area (Å²) in [6.45, 7) is 4.87. The molecular formula is C21H19BClO-. The lowest BCUT2D eigenvalue weighted by molar-refractivity contribution is 0.295. The first kappa shape index (κ1) is 16.7. The van der Waals surface area contributed by atoms with Crippen LogP contribution >= 0.6 is 11.6 Å². The second-order valence-corrected chi connectivity index (χ2v) is 6.40. The molecule has 0 saturated heterocycles. The molecule has 3 aromatic carbocycles. The second-order valence-electron chi connectivity index (χ2n) is 6.00. The Morgan fingerprint density at radius 1 is 0.833 bits per heavy atom. The van der Waals surface area contributed by atoms with Crippen LogP contribution < -0.4 is 15.7 Å². The van der Waals surface area contributed by atoms with E-state index < -0.39 is 0 Å². The third-order valence-corrected chi connectivity index (χ3v) is 4.34. The van der Waals surface area contributed by atoms with Crippen molar-refractivity contribution in [1.82, 2.24) is 0 Å². The molecule has 0 atom stereocenters. The van der Waals surface area contributed by atoms with Crippen LogP contribution in [0.25, 0.3) is 0 Å². The molecule has 0 saturated carbocycles. The lowest BCUT2D eigenvalue weighted by Gasteiger charge is -2.18. The number of benzene rings is 3. The van der Waals surface area contributed by atoms with Gasteiger partial charge in [-0.25, -0.2) is 0 Å². The summed E-state index contributed by atoms with van der Waals surface area (Å²) in [5.74, 6) is 0.986. The van der Waals surface area contributed by atoms with Crippen LogP contribution in [0.4, 0.5) is 0 Å². The Bertz CT molecular complexity index is 787. The van der Waals surface area contributed by atoms with Crippen LogP contribution in [0.3, 0.4) is 0 Å². The van der Waals surface area contributed by atoms with E-state index in [4.69, 9.17) is 16.3 Å². The van der Waals surface area contributed by atoms with Gasteiger partial charge >= 0.3 is 0 Å². The molecule has 2 bridgehead atoms. The monoisotopic (exact) mass is 333 g/mol. The molecule has 0 aliphatic carbocycles. The number of hydrogen-bond donors (Lipinski definition) is 0. The van der Waals surface area contributed by atoms with Gasteiger partial charge in [0.1, 0.15) is 12.4 Å². The molecule has 120 valence electrons. The fourth-order valence-corrected chi connectivity index (χ4v) is 2.59. The van der Waals surface area contributed by atoms with E-state index in [2.05, 4.69) is 56.7 Å². The maximum Gasteiger partial charge on any atom is 0.119 e. The fraction of sp³-hybridized carbons (Fsp3) is 0.143. The number of fused-ring (bicyclic) bond motifs is 3. The third-order valence-electron chi connectivity index (χ3n) is 3.94. The molecule has 1 nitrogen and oxygen atoms in total. The highest BCUT2D eigenvalue weighted by Crippen LogP contribution is 2.19. The van der Waals surface area contributed by atoms with Crippen molar-refractivity contribution in [3.63, 3.8) is 0 Å². The van der Waals surface area contributed by atoms with Crippen molar-refractivity contribution in [3.8, 4) is 5.75 Å². The Balaban J connectivity index is 0.000000175. The first-order valence-corrected chi connectivity index (χ1v) is 8.37. The van der Waals surface area contributed by atoms with Crippen LogP contribution in [0.2, 0.25) is 5.02 Å². The van der Waals surface area contributed by atoms with Gasteiger partial charge in [0, 0.05) is 5.02 Å². The molecular weight excluding hydrogens is 314 g/mol. The van der Waals surface area contributed by atoms with Crippen LogP contribution in [0.15, 0.2) is 66.7 Å². The van der Waals surface area contributed by atoms with Crippen LogP contribution in [0, 0.1) is 13.8 Å². The van der Waals surface area contributed by atoms with E-state index in [1.165, 1.54) is 16.6 Å². The van der Waals surface area contributed by atoms with Crippen LogP contribution in [0.5, 0.6) is 5.75 Å². The minimum atomic E-state index is 0.766. The number of hydrogen-bond acceptors (Lipinski definition) is 1. The standard InChI is InChI=1S/C14H13BCl.C7H6O/c1-10-3-6-12(7-4-10)15-13-8-5-11(2)14(16)9-13;1-3-7-4-2-6(1)5-8-7/h3-9H,1-2H3;1-4H,5H2/q-1;.